The smallest absolute Gasteiger partial charge is 0.244 e. The molecule has 1 atom stereocenters. The fraction of sp³-hybridized carbons (Fsp3) is 0.200. The van der Waals surface area contributed by atoms with E-state index in [2.05, 4.69) is 24.2 Å². The van der Waals surface area contributed by atoms with Crippen molar-refractivity contribution in [2.75, 3.05) is 0 Å². The summed E-state index contributed by atoms with van der Waals surface area (Å²) < 4.78 is 0.635. The van der Waals surface area contributed by atoms with Gasteiger partial charge < -0.3 is 10.7 Å². The fourth-order valence-electron chi connectivity index (χ4n) is 1.20. The van der Waals surface area contributed by atoms with Crippen LogP contribution in [0.15, 0.2) is 29.3 Å². The number of hydrogen-bond donors (Lipinski definition) is 3. The molecule has 3 N–H and O–H groups in total. The highest BCUT2D eigenvalue weighted by Crippen LogP contribution is 2.26. The summed E-state index contributed by atoms with van der Waals surface area (Å²) in [6.07, 6.45) is 1.71. The van der Waals surface area contributed by atoms with Crippen molar-refractivity contribution in [3.63, 3.8) is 0 Å². The average Bonchev–Trinajstić information content (AvgIpc) is 2.20. The van der Waals surface area contributed by atoms with E-state index in [0.29, 0.717) is 15.0 Å². The lowest BCUT2D eigenvalue weighted by Crippen LogP contribution is -2.18. The number of aromatic amines is 1. The van der Waals surface area contributed by atoms with Crippen LogP contribution in [-0.4, -0.2) is 10.9 Å². The van der Waals surface area contributed by atoms with Gasteiger partial charge in [-0.1, -0.05) is 25.7 Å². The summed E-state index contributed by atoms with van der Waals surface area (Å²) in [7, 11) is 0. The van der Waals surface area contributed by atoms with Crippen LogP contribution in [0.1, 0.15) is 18.5 Å². The molecule has 1 aromatic rings. The lowest BCUT2D eigenvalue weighted by Gasteiger charge is -2.14. The van der Waals surface area contributed by atoms with E-state index < -0.39 is 5.91 Å². The van der Waals surface area contributed by atoms with Crippen molar-refractivity contribution in [2.24, 2.45) is 5.73 Å². The predicted octanol–water partition coefficient (Wildman–Crippen LogP) is 2.18. The zero-order valence-electron chi connectivity index (χ0n) is 8.28. The van der Waals surface area contributed by atoms with Crippen LogP contribution in [0.4, 0.5) is 0 Å². The molecule has 1 heterocycles. The third-order valence-corrected chi connectivity index (χ3v) is 3.21. The molecule has 15 heavy (non-hydrogen) atoms. The van der Waals surface area contributed by atoms with E-state index in [1.807, 2.05) is 6.92 Å². The molecule has 5 heteroatoms. The maximum Gasteiger partial charge on any atom is 0.244 e. The van der Waals surface area contributed by atoms with Gasteiger partial charge >= 0.3 is 0 Å². The number of hydrogen-bond acceptors (Lipinski definition) is 3. The van der Waals surface area contributed by atoms with Crippen molar-refractivity contribution >= 4 is 30.8 Å². The molecule has 0 bridgehead atoms. The van der Waals surface area contributed by atoms with E-state index in [1.165, 1.54) is 0 Å². The summed E-state index contributed by atoms with van der Waals surface area (Å²) in [6.45, 7) is 5.47. The minimum absolute atomic E-state index is 0.210. The van der Waals surface area contributed by atoms with Crippen LogP contribution < -0.4 is 5.73 Å². The van der Waals surface area contributed by atoms with Gasteiger partial charge in [-0.05, 0) is 6.07 Å². The number of carbonyl (C=O) groups excluding carboxylic acids is 1. The SMILES string of the molecule is C=C(C(N)=O)C(C)c1[nH]ccc(=S)c1S. The van der Waals surface area contributed by atoms with Crippen molar-refractivity contribution in [1.82, 2.24) is 4.98 Å². The molecule has 0 aliphatic rings. The number of nitrogens with two attached hydrogens (primary N) is 1. The summed E-state index contributed by atoms with van der Waals surface area (Å²) in [5.74, 6) is -0.726. The number of rotatable bonds is 3. The molecule has 1 rings (SSSR count). The topological polar surface area (TPSA) is 58.9 Å². The minimum atomic E-state index is -0.515. The largest absolute Gasteiger partial charge is 0.366 e. The normalized spacial score (nSPS) is 12.1. The van der Waals surface area contributed by atoms with Crippen LogP contribution in [0.2, 0.25) is 0 Å². The zero-order valence-corrected chi connectivity index (χ0v) is 9.99. The lowest BCUT2D eigenvalue weighted by atomic mass is 9.98. The number of carbonyl (C=O) groups is 1. The molecule has 0 saturated carbocycles. The molecule has 0 aliphatic carbocycles. The Morgan fingerprint density at radius 1 is 1.73 bits per heavy atom. The number of nitrogens with one attached hydrogen (secondary N) is 1. The molecule has 0 saturated heterocycles. The second kappa shape index (κ2) is 4.63. The van der Waals surface area contributed by atoms with Crippen LogP contribution in [0.5, 0.6) is 0 Å². The lowest BCUT2D eigenvalue weighted by molar-refractivity contribution is -0.114. The van der Waals surface area contributed by atoms with Gasteiger partial charge in [-0.15, -0.1) is 12.6 Å². The Morgan fingerprint density at radius 2 is 2.33 bits per heavy atom. The molecule has 0 spiro atoms. The Morgan fingerprint density at radius 3 is 2.87 bits per heavy atom. The van der Waals surface area contributed by atoms with Crippen molar-refractivity contribution in [3.05, 3.63) is 34.6 Å². The fourth-order valence-corrected chi connectivity index (χ4v) is 1.72. The Balaban J connectivity index is 3.17. The predicted molar refractivity (Wildman–Crippen MR) is 65.6 cm³/mol. The molecule has 1 aromatic heterocycles. The second-order valence-electron chi connectivity index (χ2n) is 3.22. The summed E-state index contributed by atoms with van der Waals surface area (Å²) in [6, 6.07) is 1.74. The van der Waals surface area contributed by atoms with Crippen LogP contribution in [0.25, 0.3) is 0 Å². The zero-order chi connectivity index (χ0) is 11.6. The first-order valence-electron chi connectivity index (χ1n) is 4.34. The number of H-pyrrole nitrogens is 1. The van der Waals surface area contributed by atoms with E-state index in [0.717, 1.165) is 5.69 Å². The third kappa shape index (κ3) is 2.49. The van der Waals surface area contributed by atoms with Crippen molar-refractivity contribution < 1.29 is 4.79 Å². The second-order valence-corrected chi connectivity index (χ2v) is 4.10. The van der Waals surface area contributed by atoms with Crippen LogP contribution in [0.3, 0.4) is 0 Å². The molecular weight excluding hydrogens is 228 g/mol. The quantitative estimate of drug-likeness (QED) is 0.431. The van der Waals surface area contributed by atoms with Gasteiger partial charge in [-0.25, -0.2) is 0 Å². The molecule has 3 nitrogen and oxygen atoms in total. The van der Waals surface area contributed by atoms with Crippen LogP contribution in [-0.2, 0) is 4.79 Å². The summed E-state index contributed by atoms with van der Waals surface area (Å²) >= 11 is 9.36. The van der Waals surface area contributed by atoms with Crippen LogP contribution >= 0.6 is 24.8 Å². The van der Waals surface area contributed by atoms with Gasteiger partial charge in [-0.2, -0.15) is 0 Å². The van der Waals surface area contributed by atoms with E-state index >= 15 is 0 Å². The highest BCUT2D eigenvalue weighted by atomic mass is 32.1. The van der Waals surface area contributed by atoms with Gasteiger partial charge in [0.15, 0.2) is 0 Å². The molecule has 0 aliphatic heterocycles. The van der Waals surface area contributed by atoms with E-state index in [4.69, 9.17) is 18.0 Å². The first-order chi connectivity index (χ1) is 6.95. The maximum absolute atomic E-state index is 11.0. The van der Waals surface area contributed by atoms with Gasteiger partial charge in [0.05, 0.1) is 4.51 Å². The summed E-state index contributed by atoms with van der Waals surface area (Å²) in [4.78, 5) is 14.6. The van der Waals surface area contributed by atoms with Crippen molar-refractivity contribution in [3.8, 4) is 0 Å². The standard InChI is InChI=1S/C10H12N2OS2/c1-5(6(2)10(11)13)8-9(15)7(14)3-4-12-8/h3-5,15H,2H2,1H3,(H2,11,13)(H,12,14). The number of amides is 1. The molecule has 80 valence electrons. The Hall–Kier alpha value is -1.07. The maximum atomic E-state index is 11.0. The van der Waals surface area contributed by atoms with Gasteiger partial charge in [0, 0.05) is 28.3 Å². The number of primary amides is 1. The average molecular weight is 240 g/mol. The Labute approximate surface area is 98.8 Å². The monoisotopic (exact) mass is 240 g/mol. The highest BCUT2D eigenvalue weighted by Gasteiger charge is 2.16. The van der Waals surface area contributed by atoms with Gasteiger partial charge in [0.1, 0.15) is 0 Å². The molecule has 1 amide bonds. The first-order valence-corrected chi connectivity index (χ1v) is 5.19. The molecule has 0 fully saturated rings. The summed E-state index contributed by atoms with van der Waals surface area (Å²) in [5.41, 5.74) is 6.25. The Kier molecular flexibility index (Phi) is 3.71. The number of aromatic nitrogens is 1. The van der Waals surface area contributed by atoms with Gasteiger partial charge in [-0.3, -0.25) is 4.79 Å². The number of thiol groups is 1. The summed E-state index contributed by atoms with van der Waals surface area (Å²) in [5, 5.41) is 0. The van der Waals surface area contributed by atoms with E-state index in [-0.39, 0.29) is 5.92 Å². The molecule has 0 aromatic carbocycles. The first kappa shape index (κ1) is 12.0. The van der Waals surface area contributed by atoms with E-state index in [1.54, 1.807) is 12.3 Å². The molecular formula is C10H12N2OS2. The Bertz CT molecular complexity index is 465. The van der Waals surface area contributed by atoms with E-state index in [9.17, 15) is 4.79 Å². The molecule has 0 radical (unpaired) electrons. The van der Waals surface area contributed by atoms with Crippen molar-refractivity contribution in [1.29, 1.82) is 0 Å². The minimum Gasteiger partial charge on any atom is -0.366 e. The van der Waals surface area contributed by atoms with Crippen molar-refractivity contribution in [2.45, 2.75) is 17.7 Å². The number of pyridine rings is 1. The third-order valence-electron chi connectivity index (χ3n) is 2.23. The van der Waals surface area contributed by atoms with Gasteiger partial charge in [0.2, 0.25) is 5.91 Å². The van der Waals surface area contributed by atoms with Crippen LogP contribution in [0, 0.1) is 4.51 Å². The molecule has 1 unspecified atom stereocenters. The van der Waals surface area contributed by atoms with Gasteiger partial charge in [0.25, 0.3) is 0 Å². The highest BCUT2D eigenvalue weighted by molar-refractivity contribution is 7.81.